The smallest absolute Gasteiger partial charge is 0.321 e. The van der Waals surface area contributed by atoms with Gasteiger partial charge < -0.3 is 34.3 Å². The van der Waals surface area contributed by atoms with E-state index in [1.807, 2.05) is 17.0 Å². The van der Waals surface area contributed by atoms with Gasteiger partial charge in [0.05, 0.1) is 25.4 Å². The molecule has 0 saturated carbocycles. The number of hydrogen-bond donors (Lipinski definition) is 2. The fraction of sp³-hybridized carbons (Fsp3) is 0.429. The van der Waals surface area contributed by atoms with Gasteiger partial charge in [-0.2, -0.15) is 0 Å². The molecule has 1 spiro atoms. The predicted molar refractivity (Wildman–Crippen MR) is 141 cm³/mol. The standard InChI is InChI=1S/C28H33FN4O5/c1-18(34)33-16-28(10-12-32(13-11-28)27(35)31-22-7-5-4-6-21(22)29)25-20-9-8-19(37-3)14-23(20)30-26(25)24(33)15-38-17-36-2/h4-9,14,24,30H,10-13,15-17H2,1-3H3,(H,31,35)/t24-/m0/s1. The molecule has 2 aliphatic rings. The van der Waals surface area contributed by atoms with E-state index in [2.05, 4.69) is 16.4 Å². The van der Waals surface area contributed by atoms with E-state index in [0.717, 1.165) is 27.9 Å². The van der Waals surface area contributed by atoms with Crippen LogP contribution in [0.2, 0.25) is 0 Å². The van der Waals surface area contributed by atoms with Crippen molar-refractivity contribution in [2.75, 3.05) is 52.6 Å². The van der Waals surface area contributed by atoms with E-state index >= 15 is 0 Å². The van der Waals surface area contributed by atoms with Gasteiger partial charge in [-0.05, 0) is 42.7 Å². The van der Waals surface area contributed by atoms with Crippen LogP contribution in [0.25, 0.3) is 10.9 Å². The van der Waals surface area contributed by atoms with E-state index in [1.165, 1.54) is 6.07 Å². The molecule has 0 bridgehead atoms. The van der Waals surface area contributed by atoms with Gasteiger partial charge in [0.25, 0.3) is 0 Å². The van der Waals surface area contributed by atoms with Crippen LogP contribution in [-0.4, -0.2) is 74.0 Å². The molecule has 0 unspecified atom stereocenters. The highest BCUT2D eigenvalue weighted by molar-refractivity contribution is 5.90. The van der Waals surface area contributed by atoms with E-state index in [1.54, 1.807) is 44.2 Å². The van der Waals surface area contributed by atoms with Crippen LogP contribution in [0.3, 0.4) is 0 Å². The van der Waals surface area contributed by atoms with Crippen LogP contribution in [0.5, 0.6) is 5.75 Å². The van der Waals surface area contributed by atoms with Crippen molar-refractivity contribution in [2.24, 2.45) is 0 Å². The van der Waals surface area contributed by atoms with Crippen LogP contribution in [0.1, 0.15) is 37.1 Å². The van der Waals surface area contributed by atoms with Gasteiger partial charge in [0.2, 0.25) is 5.91 Å². The molecule has 3 heterocycles. The van der Waals surface area contributed by atoms with E-state index in [4.69, 9.17) is 14.2 Å². The number of amides is 3. The van der Waals surface area contributed by atoms with Crippen molar-refractivity contribution in [1.82, 2.24) is 14.8 Å². The molecule has 5 rings (SSSR count). The third-order valence-corrected chi connectivity index (χ3v) is 7.75. The molecule has 38 heavy (non-hydrogen) atoms. The monoisotopic (exact) mass is 524 g/mol. The first-order valence-electron chi connectivity index (χ1n) is 12.7. The van der Waals surface area contributed by atoms with Crippen molar-refractivity contribution in [3.8, 4) is 5.75 Å². The highest BCUT2D eigenvalue weighted by Gasteiger charge is 2.48. The maximum absolute atomic E-state index is 14.1. The van der Waals surface area contributed by atoms with E-state index in [9.17, 15) is 14.0 Å². The van der Waals surface area contributed by atoms with Crippen LogP contribution in [-0.2, 0) is 19.7 Å². The van der Waals surface area contributed by atoms with E-state index < -0.39 is 5.82 Å². The number of rotatable bonds is 6. The highest BCUT2D eigenvalue weighted by atomic mass is 19.1. The molecule has 202 valence electrons. The Morgan fingerprint density at radius 2 is 1.92 bits per heavy atom. The van der Waals surface area contributed by atoms with Gasteiger partial charge in [-0.1, -0.05) is 12.1 Å². The molecule has 10 heteroatoms. The minimum absolute atomic E-state index is 0.0444. The Hall–Kier alpha value is -3.63. The van der Waals surface area contributed by atoms with E-state index in [-0.39, 0.29) is 42.5 Å². The summed E-state index contributed by atoms with van der Waals surface area (Å²) in [5, 5.41) is 3.76. The summed E-state index contributed by atoms with van der Waals surface area (Å²) in [6.07, 6.45) is 1.30. The Kier molecular flexibility index (Phi) is 7.27. The van der Waals surface area contributed by atoms with Crippen molar-refractivity contribution >= 4 is 28.5 Å². The number of carbonyl (C=O) groups is 2. The number of carbonyl (C=O) groups excluding carboxylic acids is 2. The molecule has 2 aliphatic heterocycles. The lowest BCUT2D eigenvalue weighted by Gasteiger charge is -2.50. The first-order chi connectivity index (χ1) is 18.4. The number of halogens is 1. The average molecular weight is 525 g/mol. The Morgan fingerprint density at radius 1 is 1.16 bits per heavy atom. The lowest BCUT2D eigenvalue weighted by atomic mass is 9.68. The molecule has 0 aliphatic carbocycles. The molecule has 3 aromatic rings. The second-order valence-corrected chi connectivity index (χ2v) is 9.94. The summed E-state index contributed by atoms with van der Waals surface area (Å²) in [5.41, 5.74) is 2.82. The zero-order chi connectivity index (χ0) is 26.9. The summed E-state index contributed by atoms with van der Waals surface area (Å²) in [7, 11) is 3.20. The zero-order valence-corrected chi connectivity index (χ0v) is 21.9. The molecule has 2 N–H and O–H groups in total. The number of aromatic nitrogens is 1. The van der Waals surface area contributed by atoms with Crippen LogP contribution >= 0.6 is 0 Å². The van der Waals surface area contributed by atoms with Crippen molar-refractivity contribution in [2.45, 2.75) is 31.2 Å². The largest absolute Gasteiger partial charge is 0.497 e. The normalized spacial score (nSPS) is 18.5. The molecule has 3 amide bonds. The minimum Gasteiger partial charge on any atom is -0.497 e. The van der Waals surface area contributed by atoms with Gasteiger partial charge in [0.15, 0.2) is 0 Å². The zero-order valence-electron chi connectivity index (χ0n) is 21.9. The molecule has 1 aromatic heterocycles. The fourth-order valence-corrected chi connectivity index (χ4v) is 5.87. The Morgan fingerprint density at radius 3 is 2.61 bits per heavy atom. The summed E-state index contributed by atoms with van der Waals surface area (Å²) in [6, 6.07) is 11.5. The average Bonchev–Trinajstić information content (AvgIpc) is 3.31. The molecule has 1 saturated heterocycles. The third-order valence-electron chi connectivity index (χ3n) is 7.75. The number of piperidine rings is 1. The summed E-state index contributed by atoms with van der Waals surface area (Å²) in [5.74, 6) is 0.219. The van der Waals surface area contributed by atoms with Gasteiger partial charge in [0, 0.05) is 61.7 Å². The summed E-state index contributed by atoms with van der Waals surface area (Å²) in [6.45, 7) is 3.45. The first-order valence-corrected chi connectivity index (χ1v) is 12.7. The SMILES string of the molecule is COCOC[C@H]1c2[nH]c3cc(OC)ccc3c2C2(CCN(C(=O)Nc3ccccc3F)CC2)CN1C(C)=O. The number of benzene rings is 2. The molecule has 1 fully saturated rings. The first kappa shape index (κ1) is 26.0. The second-order valence-electron chi connectivity index (χ2n) is 9.94. The Labute approximate surface area is 220 Å². The molecular weight excluding hydrogens is 491 g/mol. The number of para-hydroxylation sites is 1. The number of ether oxygens (including phenoxy) is 3. The summed E-state index contributed by atoms with van der Waals surface area (Å²) < 4.78 is 30.4. The second kappa shape index (κ2) is 10.6. The maximum Gasteiger partial charge on any atom is 0.321 e. The van der Waals surface area contributed by atoms with Crippen LogP contribution in [0, 0.1) is 5.82 Å². The number of hydrogen-bond acceptors (Lipinski definition) is 5. The molecule has 1 atom stereocenters. The summed E-state index contributed by atoms with van der Waals surface area (Å²) in [4.78, 5) is 33.0. The lowest BCUT2D eigenvalue weighted by molar-refractivity contribution is -0.137. The number of aromatic amines is 1. The number of anilines is 1. The summed E-state index contributed by atoms with van der Waals surface area (Å²) >= 11 is 0. The van der Waals surface area contributed by atoms with Crippen molar-refractivity contribution in [1.29, 1.82) is 0 Å². The predicted octanol–water partition coefficient (Wildman–Crippen LogP) is 4.41. The van der Waals surface area contributed by atoms with Crippen molar-refractivity contribution in [3.05, 3.63) is 59.5 Å². The number of fused-ring (bicyclic) bond motifs is 4. The van der Waals surface area contributed by atoms with Gasteiger partial charge in [-0.3, -0.25) is 4.79 Å². The van der Waals surface area contributed by atoms with Crippen molar-refractivity contribution in [3.63, 3.8) is 0 Å². The van der Waals surface area contributed by atoms with E-state index in [0.29, 0.717) is 32.5 Å². The maximum atomic E-state index is 14.1. The quantitative estimate of drug-likeness (QED) is 0.368. The number of nitrogens with zero attached hydrogens (tertiary/aromatic N) is 2. The minimum atomic E-state index is -0.473. The molecular formula is C28H33FN4O5. The van der Waals surface area contributed by atoms with Crippen molar-refractivity contribution < 1.29 is 28.2 Å². The fourth-order valence-electron chi connectivity index (χ4n) is 5.87. The van der Waals surface area contributed by atoms with Gasteiger partial charge in [-0.25, -0.2) is 9.18 Å². The highest BCUT2D eigenvalue weighted by Crippen LogP contribution is 2.49. The number of H-pyrrole nitrogens is 1. The van der Waals surface area contributed by atoms with Crippen LogP contribution in [0.15, 0.2) is 42.5 Å². The number of methoxy groups -OCH3 is 2. The Balaban J connectivity index is 1.48. The lowest BCUT2D eigenvalue weighted by Crippen LogP contribution is -2.56. The van der Waals surface area contributed by atoms with Crippen LogP contribution < -0.4 is 10.1 Å². The third kappa shape index (κ3) is 4.69. The van der Waals surface area contributed by atoms with Gasteiger partial charge in [0.1, 0.15) is 18.4 Å². The number of urea groups is 1. The van der Waals surface area contributed by atoms with Crippen LogP contribution in [0.4, 0.5) is 14.9 Å². The number of nitrogens with one attached hydrogen (secondary N) is 2. The number of likely N-dealkylation sites (tertiary alicyclic amines) is 1. The van der Waals surface area contributed by atoms with Gasteiger partial charge >= 0.3 is 6.03 Å². The molecule has 0 radical (unpaired) electrons. The molecule has 9 nitrogen and oxygen atoms in total. The Bertz CT molecular complexity index is 1330. The topological polar surface area (TPSA) is 96.1 Å². The molecule has 2 aromatic carbocycles. The van der Waals surface area contributed by atoms with Gasteiger partial charge in [-0.15, -0.1) is 0 Å².